The van der Waals surface area contributed by atoms with Crippen LogP contribution in [0.25, 0.3) is 10.9 Å². The van der Waals surface area contributed by atoms with E-state index < -0.39 is 5.92 Å². The Hall–Kier alpha value is -3.88. The van der Waals surface area contributed by atoms with Crippen LogP contribution in [0.4, 0.5) is 0 Å². The summed E-state index contributed by atoms with van der Waals surface area (Å²) in [4.78, 5) is 36.0. The van der Waals surface area contributed by atoms with E-state index in [9.17, 15) is 19.5 Å². The van der Waals surface area contributed by atoms with Gasteiger partial charge < -0.3 is 15.2 Å². The number of phenolic OH excluding ortho intramolecular Hbond substituents is 1. The van der Waals surface area contributed by atoms with Crippen LogP contribution in [0.15, 0.2) is 42.5 Å². The zero-order valence-corrected chi connectivity index (χ0v) is 17.6. The Morgan fingerprint density at radius 3 is 2.78 bits per heavy atom. The molecule has 1 aromatic heterocycles. The monoisotopic (exact) mass is 436 g/mol. The van der Waals surface area contributed by atoms with Crippen molar-refractivity contribution in [2.75, 3.05) is 13.2 Å². The van der Waals surface area contributed by atoms with Crippen molar-refractivity contribution in [1.29, 1.82) is 0 Å². The number of ether oxygens (including phenoxy) is 1. The number of carbonyl (C=O) groups excluding carboxylic acids is 3. The Bertz CT molecular complexity index is 1170. The number of aromatic nitrogens is 2. The van der Waals surface area contributed by atoms with Crippen molar-refractivity contribution in [2.24, 2.45) is 7.05 Å². The third-order valence-electron chi connectivity index (χ3n) is 5.46. The van der Waals surface area contributed by atoms with Crippen LogP contribution in [0.5, 0.6) is 11.5 Å². The van der Waals surface area contributed by atoms with Crippen LogP contribution in [0, 0.1) is 0 Å². The highest BCUT2D eigenvalue weighted by atomic mass is 16.5. The lowest BCUT2D eigenvalue weighted by Gasteiger charge is -2.19. The van der Waals surface area contributed by atoms with Gasteiger partial charge in [-0.3, -0.25) is 24.4 Å². The smallest absolute Gasteiger partial charge is 0.257 e. The Labute approximate surface area is 184 Å². The normalized spacial score (nSPS) is 16.1. The van der Waals surface area contributed by atoms with E-state index in [4.69, 9.17) is 4.74 Å². The number of aromatic hydroxyl groups is 1. The molecule has 1 saturated heterocycles. The molecule has 3 amide bonds. The van der Waals surface area contributed by atoms with Gasteiger partial charge >= 0.3 is 0 Å². The van der Waals surface area contributed by atoms with Crippen molar-refractivity contribution < 1.29 is 24.2 Å². The first-order valence-corrected chi connectivity index (χ1v) is 10.4. The summed E-state index contributed by atoms with van der Waals surface area (Å²) in [6.45, 7) is 0.288. The first-order chi connectivity index (χ1) is 15.4. The van der Waals surface area contributed by atoms with Gasteiger partial charge in [-0.2, -0.15) is 5.10 Å². The highest BCUT2D eigenvalue weighted by Gasteiger charge is 2.32. The molecule has 2 aromatic carbocycles. The molecule has 32 heavy (non-hydrogen) atoms. The number of hydrogen-bond donors (Lipinski definition) is 3. The SMILES string of the molecule is Cn1nc(C2CCC(=O)NC2=O)c2cccc(OCC(=O)NCCc3ccc(O)cc3)c21. The van der Waals surface area contributed by atoms with E-state index in [0.717, 1.165) is 10.9 Å². The van der Waals surface area contributed by atoms with Crippen LogP contribution in [-0.4, -0.2) is 45.8 Å². The van der Waals surface area contributed by atoms with Crippen molar-refractivity contribution in [3.05, 3.63) is 53.7 Å². The third-order valence-corrected chi connectivity index (χ3v) is 5.46. The van der Waals surface area contributed by atoms with Crippen molar-refractivity contribution in [3.8, 4) is 11.5 Å². The van der Waals surface area contributed by atoms with Gasteiger partial charge in [0.1, 0.15) is 17.0 Å². The lowest BCUT2D eigenvalue weighted by molar-refractivity contribution is -0.134. The molecule has 1 atom stereocenters. The fourth-order valence-electron chi connectivity index (χ4n) is 3.86. The fraction of sp³-hybridized carbons (Fsp3) is 0.304. The molecule has 3 N–H and O–H groups in total. The van der Waals surface area contributed by atoms with E-state index in [1.165, 1.54) is 0 Å². The summed E-state index contributed by atoms with van der Waals surface area (Å²) >= 11 is 0. The molecule has 0 bridgehead atoms. The highest BCUT2D eigenvalue weighted by molar-refractivity contribution is 6.03. The van der Waals surface area contributed by atoms with Crippen molar-refractivity contribution >= 4 is 28.6 Å². The minimum Gasteiger partial charge on any atom is -0.508 e. The van der Waals surface area contributed by atoms with Gasteiger partial charge in [0.15, 0.2) is 6.61 Å². The quantitative estimate of drug-likeness (QED) is 0.483. The van der Waals surface area contributed by atoms with Crippen LogP contribution in [-0.2, 0) is 27.9 Å². The molecule has 2 heterocycles. The van der Waals surface area contributed by atoms with Crippen molar-refractivity contribution in [1.82, 2.24) is 20.4 Å². The molecular formula is C23H24N4O5. The number of rotatable bonds is 7. The van der Waals surface area contributed by atoms with Crippen LogP contribution in [0.3, 0.4) is 0 Å². The summed E-state index contributed by atoms with van der Waals surface area (Å²) in [5, 5.41) is 19.8. The second-order valence-corrected chi connectivity index (χ2v) is 7.72. The third kappa shape index (κ3) is 4.56. The number of fused-ring (bicyclic) bond motifs is 1. The van der Waals surface area contributed by atoms with Crippen molar-refractivity contribution in [3.63, 3.8) is 0 Å². The number of nitrogens with one attached hydrogen (secondary N) is 2. The van der Waals surface area contributed by atoms with Gasteiger partial charge in [-0.1, -0.05) is 24.3 Å². The first-order valence-electron chi connectivity index (χ1n) is 10.4. The molecule has 1 fully saturated rings. The molecule has 1 unspecified atom stereocenters. The molecule has 1 aliphatic heterocycles. The largest absolute Gasteiger partial charge is 0.508 e. The van der Waals surface area contributed by atoms with Gasteiger partial charge in [-0.05, 0) is 36.6 Å². The number of nitrogens with zero attached hydrogens (tertiary/aromatic N) is 2. The summed E-state index contributed by atoms with van der Waals surface area (Å²) < 4.78 is 7.40. The number of piperidine rings is 1. The van der Waals surface area contributed by atoms with E-state index in [1.54, 1.807) is 48.1 Å². The van der Waals surface area contributed by atoms with Crippen molar-refractivity contribution in [2.45, 2.75) is 25.2 Å². The van der Waals surface area contributed by atoms with Gasteiger partial charge in [0, 0.05) is 25.4 Å². The molecule has 0 aliphatic carbocycles. The fourth-order valence-corrected chi connectivity index (χ4v) is 3.86. The number of carbonyl (C=O) groups is 3. The lowest BCUT2D eigenvalue weighted by atomic mass is 9.93. The maximum absolute atomic E-state index is 12.3. The van der Waals surface area contributed by atoms with E-state index in [1.807, 2.05) is 6.07 Å². The number of amides is 3. The van der Waals surface area contributed by atoms with Gasteiger partial charge in [-0.15, -0.1) is 0 Å². The number of hydrogen-bond acceptors (Lipinski definition) is 6. The summed E-state index contributed by atoms with van der Waals surface area (Å²) in [6.07, 6.45) is 1.32. The molecule has 0 spiro atoms. The van der Waals surface area contributed by atoms with Crippen LogP contribution >= 0.6 is 0 Å². The Balaban J connectivity index is 1.40. The summed E-state index contributed by atoms with van der Waals surface area (Å²) in [5.74, 6) is -0.684. The molecule has 1 aliphatic rings. The Morgan fingerprint density at radius 2 is 2.03 bits per heavy atom. The average Bonchev–Trinajstić information content (AvgIpc) is 3.10. The number of benzene rings is 2. The minimum absolute atomic E-state index is 0.159. The zero-order valence-electron chi connectivity index (χ0n) is 17.6. The number of imide groups is 1. The molecule has 3 aromatic rings. The van der Waals surface area contributed by atoms with Crippen LogP contribution < -0.4 is 15.4 Å². The van der Waals surface area contributed by atoms with Crippen LogP contribution in [0.2, 0.25) is 0 Å². The standard InChI is InChI=1S/C23H24N4O5/c1-27-22-16(21(26-27)17-9-10-19(29)25-23(17)31)3-2-4-18(22)32-13-20(30)24-12-11-14-5-7-15(28)8-6-14/h2-8,17,28H,9-13H2,1H3,(H,24,30)(H,25,29,31). The minimum atomic E-state index is -0.505. The Morgan fingerprint density at radius 1 is 1.25 bits per heavy atom. The predicted molar refractivity (Wildman–Crippen MR) is 116 cm³/mol. The summed E-state index contributed by atoms with van der Waals surface area (Å²) in [6, 6.07) is 12.2. The second kappa shape index (κ2) is 9.09. The molecule has 0 saturated carbocycles. The number of aryl methyl sites for hydroxylation is 1. The lowest BCUT2D eigenvalue weighted by Crippen LogP contribution is -2.39. The second-order valence-electron chi connectivity index (χ2n) is 7.72. The Kier molecular flexibility index (Phi) is 6.07. The van der Waals surface area contributed by atoms with Crippen LogP contribution in [0.1, 0.15) is 30.0 Å². The topological polar surface area (TPSA) is 123 Å². The van der Waals surface area contributed by atoms with E-state index in [2.05, 4.69) is 15.7 Å². The van der Waals surface area contributed by atoms with E-state index in [-0.39, 0.29) is 36.5 Å². The van der Waals surface area contributed by atoms with E-state index >= 15 is 0 Å². The molecule has 0 radical (unpaired) electrons. The zero-order chi connectivity index (χ0) is 22.7. The molecular weight excluding hydrogens is 412 g/mol. The first kappa shape index (κ1) is 21.4. The maximum atomic E-state index is 12.3. The summed E-state index contributed by atoms with van der Waals surface area (Å²) in [7, 11) is 1.75. The number of phenols is 1. The summed E-state index contributed by atoms with van der Waals surface area (Å²) in [5.41, 5.74) is 2.28. The van der Waals surface area contributed by atoms with Gasteiger partial charge in [0.2, 0.25) is 11.8 Å². The van der Waals surface area contributed by atoms with Gasteiger partial charge in [-0.25, -0.2) is 0 Å². The van der Waals surface area contributed by atoms with Gasteiger partial charge in [0.05, 0.1) is 11.6 Å². The molecule has 9 nitrogen and oxygen atoms in total. The maximum Gasteiger partial charge on any atom is 0.257 e. The molecule has 9 heteroatoms. The highest BCUT2D eigenvalue weighted by Crippen LogP contribution is 2.34. The van der Waals surface area contributed by atoms with Gasteiger partial charge in [0.25, 0.3) is 5.91 Å². The predicted octanol–water partition coefficient (Wildman–Crippen LogP) is 1.54. The molecule has 4 rings (SSSR count). The number of para-hydroxylation sites is 1. The molecule has 166 valence electrons. The average molecular weight is 436 g/mol. The van der Waals surface area contributed by atoms with E-state index in [0.29, 0.717) is 36.3 Å².